The molecule has 0 aromatic carbocycles. The molecule has 1 N–H and O–H groups in total. The SMILES string of the molecule is Cc1cnc(C(=O)NCCCc2cnc3ncnn3c2)cn1. The predicted octanol–water partition coefficient (Wildman–Crippen LogP) is 0.585. The number of fused-ring (bicyclic) bond motifs is 1. The zero-order valence-corrected chi connectivity index (χ0v) is 12.1. The zero-order chi connectivity index (χ0) is 15.4. The van der Waals surface area contributed by atoms with E-state index in [4.69, 9.17) is 0 Å². The molecular weight excluding hydrogens is 282 g/mol. The van der Waals surface area contributed by atoms with Crippen molar-refractivity contribution in [3.63, 3.8) is 0 Å². The van der Waals surface area contributed by atoms with Crippen molar-refractivity contribution in [2.24, 2.45) is 0 Å². The third kappa shape index (κ3) is 3.22. The Hall–Kier alpha value is -2.90. The summed E-state index contributed by atoms with van der Waals surface area (Å²) in [5.41, 5.74) is 2.16. The molecule has 0 aliphatic carbocycles. The van der Waals surface area contributed by atoms with Crippen LogP contribution in [0.1, 0.15) is 28.2 Å². The fourth-order valence-electron chi connectivity index (χ4n) is 1.98. The summed E-state index contributed by atoms with van der Waals surface area (Å²) >= 11 is 0. The van der Waals surface area contributed by atoms with Gasteiger partial charge in [-0.25, -0.2) is 14.5 Å². The number of rotatable bonds is 5. The van der Waals surface area contributed by atoms with Crippen LogP contribution in [0.15, 0.2) is 31.1 Å². The molecule has 0 aliphatic rings. The molecule has 3 heterocycles. The standard InChI is InChI=1S/C14H15N7O/c1-10-5-17-12(7-16-10)13(22)15-4-2-3-11-6-18-14-19-9-20-21(14)8-11/h5-9H,2-4H2,1H3,(H,15,22). The maximum atomic E-state index is 11.9. The normalized spacial score (nSPS) is 10.8. The quantitative estimate of drug-likeness (QED) is 0.692. The number of aryl methyl sites for hydroxylation is 2. The Balaban J connectivity index is 1.48. The Bertz CT molecular complexity index is 781. The number of carbonyl (C=O) groups excluding carboxylic acids is 1. The minimum atomic E-state index is -0.211. The summed E-state index contributed by atoms with van der Waals surface area (Å²) in [7, 11) is 0. The number of aromatic nitrogens is 6. The lowest BCUT2D eigenvalue weighted by Crippen LogP contribution is -2.25. The molecule has 0 unspecified atom stereocenters. The average Bonchev–Trinajstić information content (AvgIpc) is 2.99. The lowest BCUT2D eigenvalue weighted by Gasteiger charge is -2.05. The molecule has 8 heteroatoms. The molecule has 3 aromatic rings. The lowest BCUT2D eigenvalue weighted by molar-refractivity contribution is 0.0948. The topological polar surface area (TPSA) is 98.0 Å². The van der Waals surface area contributed by atoms with Crippen LogP contribution >= 0.6 is 0 Å². The maximum Gasteiger partial charge on any atom is 0.271 e. The van der Waals surface area contributed by atoms with Crippen molar-refractivity contribution in [2.75, 3.05) is 6.54 Å². The van der Waals surface area contributed by atoms with Gasteiger partial charge < -0.3 is 5.32 Å². The van der Waals surface area contributed by atoms with E-state index in [9.17, 15) is 4.79 Å². The van der Waals surface area contributed by atoms with Crippen molar-refractivity contribution >= 4 is 11.7 Å². The van der Waals surface area contributed by atoms with Crippen LogP contribution in [0.25, 0.3) is 5.78 Å². The minimum absolute atomic E-state index is 0.211. The second-order valence-corrected chi connectivity index (χ2v) is 4.87. The number of nitrogens with zero attached hydrogens (tertiary/aromatic N) is 6. The van der Waals surface area contributed by atoms with Crippen molar-refractivity contribution in [2.45, 2.75) is 19.8 Å². The molecule has 0 aliphatic heterocycles. The van der Waals surface area contributed by atoms with Crippen LogP contribution in [-0.2, 0) is 6.42 Å². The van der Waals surface area contributed by atoms with E-state index < -0.39 is 0 Å². The first kappa shape index (κ1) is 14.1. The molecule has 1 amide bonds. The van der Waals surface area contributed by atoms with Gasteiger partial charge in [-0.3, -0.25) is 9.78 Å². The second-order valence-electron chi connectivity index (χ2n) is 4.87. The van der Waals surface area contributed by atoms with Gasteiger partial charge in [-0.05, 0) is 25.3 Å². The molecule has 22 heavy (non-hydrogen) atoms. The Morgan fingerprint density at radius 2 is 2.09 bits per heavy atom. The summed E-state index contributed by atoms with van der Waals surface area (Å²) in [5, 5.41) is 6.86. The highest BCUT2D eigenvalue weighted by Crippen LogP contribution is 2.02. The van der Waals surface area contributed by atoms with Gasteiger partial charge in [0.25, 0.3) is 11.7 Å². The Labute approximate surface area is 126 Å². The number of hydrogen-bond acceptors (Lipinski definition) is 6. The average molecular weight is 297 g/mol. The van der Waals surface area contributed by atoms with Gasteiger partial charge in [-0.15, -0.1) is 0 Å². The van der Waals surface area contributed by atoms with Gasteiger partial charge in [-0.2, -0.15) is 10.1 Å². The summed E-state index contributed by atoms with van der Waals surface area (Å²) in [6.45, 7) is 2.39. The van der Waals surface area contributed by atoms with Crippen LogP contribution in [0.3, 0.4) is 0 Å². The van der Waals surface area contributed by atoms with Crippen molar-refractivity contribution in [3.05, 3.63) is 48.1 Å². The largest absolute Gasteiger partial charge is 0.351 e. The predicted molar refractivity (Wildman–Crippen MR) is 78.2 cm³/mol. The molecule has 0 saturated heterocycles. The van der Waals surface area contributed by atoms with Crippen LogP contribution in [0.5, 0.6) is 0 Å². The van der Waals surface area contributed by atoms with Crippen LogP contribution in [0.2, 0.25) is 0 Å². The molecule has 0 fully saturated rings. The first-order valence-corrected chi connectivity index (χ1v) is 6.93. The monoisotopic (exact) mass is 297 g/mol. The lowest BCUT2D eigenvalue weighted by atomic mass is 10.2. The first-order valence-electron chi connectivity index (χ1n) is 6.93. The smallest absolute Gasteiger partial charge is 0.271 e. The fourth-order valence-corrected chi connectivity index (χ4v) is 1.98. The van der Waals surface area contributed by atoms with E-state index in [-0.39, 0.29) is 5.91 Å². The summed E-state index contributed by atoms with van der Waals surface area (Å²) in [4.78, 5) is 28.1. The molecule has 0 radical (unpaired) electrons. The summed E-state index contributed by atoms with van der Waals surface area (Å²) < 4.78 is 1.63. The Morgan fingerprint density at radius 3 is 2.91 bits per heavy atom. The first-order chi connectivity index (χ1) is 10.7. The second kappa shape index (κ2) is 6.25. The van der Waals surface area contributed by atoms with Gasteiger partial charge in [0.2, 0.25) is 0 Å². The molecular formula is C14H15N7O. The molecule has 112 valence electrons. The summed E-state index contributed by atoms with van der Waals surface area (Å²) in [6.07, 6.45) is 9.78. The van der Waals surface area contributed by atoms with Gasteiger partial charge >= 0.3 is 0 Å². The van der Waals surface area contributed by atoms with Gasteiger partial charge in [0.15, 0.2) is 0 Å². The molecule has 0 atom stereocenters. The highest BCUT2D eigenvalue weighted by Gasteiger charge is 2.06. The van der Waals surface area contributed by atoms with E-state index in [2.05, 4.69) is 30.4 Å². The van der Waals surface area contributed by atoms with Gasteiger partial charge in [0.1, 0.15) is 12.0 Å². The highest BCUT2D eigenvalue weighted by molar-refractivity contribution is 5.91. The van der Waals surface area contributed by atoms with Gasteiger partial charge in [-0.1, -0.05) is 0 Å². The Kier molecular flexibility index (Phi) is 3.99. The summed E-state index contributed by atoms with van der Waals surface area (Å²) in [6, 6.07) is 0. The highest BCUT2D eigenvalue weighted by atomic mass is 16.1. The zero-order valence-electron chi connectivity index (χ0n) is 12.1. The van der Waals surface area contributed by atoms with Crippen molar-refractivity contribution in [1.82, 2.24) is 34.9 Å². The van der Waals surface area contributed by atoms with E-state index in [0.717, 1.165) is 24.1 Å². The van der Waals surface area contributed by atoms with E-state index >= 15 is 0 Å². The van der Waals surface area contributed by atoms with E-state index in [0.29, 0.717) is 18.0 Å². The van der Waals surface area contributed by atoms with Gasteiger partial charge in [0.05, 0.1) is 11.9 Å². The Morgan fingerprint density at radius 1 is 1.18 bits per heavy atom. The number of carbonyl (C=O) groups is 1. The molecule has 0 saturated carbocycles. The molecule has 8 nitrogen and oxygen atoms in total. The third-order valence-electron chi connectivity index (χ3n) is 3.13. The third-order valence-corrected chi connectivity index (χ3v) is 3.13. The van der Waals surface area contributed by atoms with E-state index in [1.165, 1.54) is 12.5 Å². The van der Waals surface area contributed by atoms with Crippen molar-refractivity contribution in [3.8, 4) is 0 Å². The molecule has 3 rings (SSSR count). The van der Waals surface area contributed by atoms with Crippen molar-refractivity contribution < 1.29 is 4.79 Å². The molecule has 3 aromatic heterocycles. The number of hydrogen-bond donors (Lipinski definition) is 1. The van der Waals surface area contributed by atoms with E-state index in [1.54, 1.807) is 16.9 Å². The number of nitrogens with one attached hydrogen (secondary N) is 1. The number of amides is 1. The molecule has 0 bridgehead atoms. The minimum Gasteiger partial charge on any atom is -0.351 e. The van der Waals surface area contributed by atoms with E-state index in [1.807, 2.05) is 13.1 Å². The van der Waals surface area contributed by atoms with Crippen LogP contribution in [-0.4, -0.2) is 42.0 Å². The van der Waals surface area contributed by atoms with Gasteiger partial charge in [0, 0.05) is 25.1 Å². The molecule has 0 spiro atoms. The maximum absolute atomic E-state index is 11.9. The van der Waals surface area contributed by atoms with Crippen LogP contribution in [0, 0.1) is 6.92 Å². The van der Waals surface area contributed by atoms with Crippen molar-refractivity contribution in [1.29, 1.82) is 0 Å². The van der Waals surface area contributed by atoms with Crippen LogP contribution < -0.4 is 5.32 Å². The fraction of sp³-hybridized carbons (Fsp3) is 0.286. The van der Waals surface area contributed by atoms with Crippen LogP contribution in [0.4, 0.5) is 0 Å². The summed E-state index contributed by atoms with van der Waals surface area (Å²) in [5.74, 6) is 0.368.